The summed E-state index contributed by atoms with van der Waals surface area (Å²) < 4.78 is 0. The summed E-state index contributed by atoms with van der Waals surface area (Å²) in [6, 6.07) is 7.13. The summed E-state index contributed by atoms with van der Waals surface area (Å²) in [5, 5.41) is 5.90. The molecule has 0 aromatic heterocycles. The summed E-state index contributed by atoms with van der Waals surface area (Å²) in [5.41, 5.74) is 1.04. The van der Waals surface area contributed by atoms with Gasteiger partial charge in [-0.15, -0.1) is 0 Å². The van der Waals surface area contributed by atoms with Crippen LogP contribution >= 0.6 is 11.6 Å². The molecule has 116 valence electrons. The van der Waals surface area contributed by atoms with E-state index in [1.807, 2.05) is 12.1 Å². The Balaban J connectivity index is 1.43. The van der Waals surface area contributed by atoms with E-state index in [0.717, 1.165) is 23.4 Å². The van der Waals surface area contributed by atoms with Crippen molar-refractivity contribution in [2.45, 2.75) is 12.8 Å². The first-order chi connectivity index (χ1) is 11.1. The zero-order chi connectivity index (χ0) is 15.8. The molecule has 5 heteroatoms. The molecule has 0 N–H and O–H groups in total. The molecule has 4 aliphatic rings. The molecule has 0 radical (unpaired) electrons. The number of hydrogen-bond donors (Lipinski definition) is 0. The summed E-state index contributed by atoms with van der Waals surface area (Å²) in [7, 11) is 0. The van der Waals surface area contributed by atoms with Crippen molar-refractivity contribution in [2.75, 3.05) is 0 Å². The molecule has 2 amide bonds. The number of hydrazone groups is 1. The van der Waals surface area contributed by atoms with Crippen LogP contribution in [0, 0.1) is 29.1 Å². The van der Waals surface area contributed by atoms with Gasteiger partial charge in [-0.1, -0.05) is 35.9 Å². The van der Waals surface area contributed by atoms with Gasteiger partial charge in [0.15, 0.2) is 0 Å². The lowest BCUT2D eigenvalue weighted by molar-refractivity contribution is -0.141. The first kappa shape index (κ1) is 13.5. The van der Waals surface area contributed by atoms with Gasteiger partial charge in [-0.3, -0.25) is 9.59 Å². The molecule has 1 heterocycles. The molecule has 3 fully saturated rings. The Morgan fingerprint density at radius 2 is 1.61 bits per heavy atom. The van der Waals surface area contributed by atoms with E-state index in [0.29, 0.717) is 5.02 Å². The molecule has 1 saturated heterocycles. The van der Waals surface area contributed by atoms with E-state index in [1.54, 1.807) is 18.3 Å². The summed E-state index contributed by atoms with van der Waals surface area (Å²) >= 11 is 5.85. The predicted molar refractivity (Wildman–Crippen MR) is 85.7 cm³/mol. The van der Waals surface area contributed by atoms with E-state index in [1.165, 1.54) is 0 Å². The second-order valence-corrected chi connectivity index (χ2v) is 7.44. The number of allylic oxidation sites excluding steroid dienone is 2. The van der Waals surface area contributed by atoms with Crippen molar-refractivity contribution in [3.05, 3.63) is 47.0 Å². The van der Waals surface area contributed by atoms with Crippen molar-refractivity contribution in [1.29, 1.82) is 0 Å². The fourth-order valence-electron chi connectivity index (χ4n) is 4.85. The van der Waals surface area contributed by atoms with Crippen LogP contribution in [0.4, 0.5) is 0 Å². The minimum atomic E-state index is -0.192. The summed E-state index contributed by atoms with van der Waals surface area (Å²) in [6.07, 6.45) is 8.18. The van der Waals surface area contributed by atoms with Gasteiger partial charge >= 0.3 is 0 Å². The Morgan fingerprint density at radius 3 is 2.13 bits per heavy atom. The lowest BCUT2D eigenvalue weighted by Crippen LogP contribution is -2.30. The van der Waals surface area contributed by atoms with Gasteiger partial charge in [0.1, 0.15) is 0 Å². The van der Waals surface area contributed by atoms with Gasteiger partial charge in [0.25, 0.3) is 11.8 Å². The molecule has 0 unspecified atom stereocenters. The Kier molecular flexibility index (Phi) is 2.54. The van der Waals surface area contributed by atoms with Crippen molar-refractivity contribution in [3.8, 4) is 0 Å². The van der Waals surface area contributed by atoms with Crippen LogP contribution in [0.15, 0.2) is 41.5 Å². The van der Waals surface area contributed by atoms with Gasteiger partial charge in [-0.2, -0.15) is 10.1 Å². The molecule has 23 heavy (non-hydrogen) atoms. The highest BCUT2D eigenvalue weighted by Crippen LogP contribution is 2.73. The number of benzene rings is 1. The van der Waals surface area contributed by atoms with E-state index < -0.39 is 0 Å². The molecule has 1 spiro atoms. The topological polar surface area (TPSA) is 49.7 Å². The van der Waals surface area contributed by atoms with Gasteiger partial charge in [-0.05, 0) is 47.8 Å². The Labute approximate surface area is 138 Å². The molecule has 4 atom stereocenters. The van der Waals surface area contributed by atoms with E-state index in [2.05, 4.69) is 17.3 Å². The lowest BCUT2D eigenvalue weighted by Gasteiger charge is -2.18. The van der Waals surface area contributed by atoms with Gasteiger partial charge in [-0.25, -0.2) is 0 Å². The highest BCUT2D eigenvalue weighted by molar-refractivity contribution is 6.30. The predicted octanol–water partition coefficient (Wildman–Crippen LogP) is 2.87. The molecule has 1 aromatic rings. The first-order valence-corrected chi connectivity index (χ1v) is 8.35. The van der Waals surface area contributed by atoms with Crippen LogP contribution < -0.4 is 0 Å². The highest BCUT2D eigenvalue weighted by atomic mass is 35.5. The second-order valence-electron chi connectivity index (χ2n) is 7.01. The number of nitrogens with zero attached hydrogens (tertiary/aromatic N) is 2. The SMILES string of the molecule is O=C1[C@@H]2[C@H](C(=O)N1/N=C\c1ccc(Cl)cc1)[C@H]1C=C[C@H]2C12CC2. The third-order valence-corrected chi connectivity index (χ3v) is 6.27. The van der Waals surface area contributed by atoms with Crippen LogP contribution in [-0.4, -0.2) is 23.0 Å². The number of carbonyl (C=O) groups is 2. The van der Waals surface area contributed by atoms with Crippen LogP contribution in [0.3, 0.4) is 0 Å². The van der Waals surface area contributed by atoms with Gasteiger partial charge in [0, 0.05) is 5.02 Å². The largest absolute Gasteiger partial charge is 0.272 e. The van der Waals surface area contributed by atoms with Crippen molar-refractivity contribution >= 4 is 29.6 Å². The van der Waals surface area contributed by atoms with E-state index >= 15 is 0 Å². The molecule has 2 saturated carbocycles. The Bertz CT molecular complexity index is 745. The summed E-state index contributed by atoms with van der Waals surface area (Å²) in [5.74, 6) is -0.166. The number of amides is 2. The molecular weight excluding hydrogens is 312 g/mol. The monoisotopic (exact) mass is 326 g/mol. The molecule has 1 aliphatic heterocycles. The van der Waals surface area contributed by atoms with Crippen molar-refractivity contribution in [2.24, 2.45) is 34.2 Å². The average molecular weight is 327 g/mol. The van der Waals surface area contributed by atoms with Crippen LogP contribution in [0.2, 0.25) is 5.02 Å². The number of hydrogen-bond acceptors (Lipinski definition) is 3. The minimum absolute atomic E-state index is 0.131. The van der Waals surface area contributed by atoms with Crippen molar-refractivity contribution in [3.63, 3.8) is 0 Å². The Hall–Kier alpha value is -1.94. The maximum absolute atomic E-state index is 12.7. The first-order valence-electron chi connectivity index (χ1n) is 7.97. The quantitative estimate of drug-likeness (QED) is 0.476. The van der Waals surface area contributed by atoms with Crippen LogP contribution in [0.1, 0.15) is 18.4 Å². The number of imide groups is 1. The molecule has 1 aromatic carbocycles. The fraction of sp³-hybridized carbons (Fsp3) is 0.389. The summed E-state index contributed by atoms with van der Waals surface area (Å²) in [6.45, 7) is 0. The zero-order valence-electron chi connectivity index (χ0n) is 12.4. The van der Waals surface area contributed by atoms with E-state index in [9.17, 15) is 9.59 Å². The molecule has 2 bridgehead atoms. The number of fused-ring (bicyclic) bond motifs is 3. The number of halogens is 1. The Morgan fingerprint density at radius 1 is 1.04 bits per heavy atom. The lowest BCUT2D eigenvalue weighted by atomic mass is 9.85. The average Bonchev–Trinajstić information content (AvgIpc) is 3.15. The molecular formula is C18H15ClN2O2. The minimum Gasteiger partial charge on any atom is -0.272 e. The van der Waals surface area contributed by atoms with Crippen LogP contribution in [0.5, 0.6) is 0 Å². The maximum Gasteiger partial charge on any atom is 0.254 e. The van der Waals surface area contributed by atoms with Crippen LogP contribution in [0.25, 0.3) is 0 Å². The van der Waals surface area contributed by atoms with Crippen molar-refractivity contribution < 1.29 is 9.59 Å². The van der Waals surface area contributed by atoms with Gasteiger partial charge < -0.3 is 0 Å². The number of rotatable bonds is 2. The van der Waals surface area contributed by atoms with Crippen LogP contribution in [-0.2, 0) is 9.59 Å². The highest BCUT2D eigenvalue weighted by Gasteiger charge is 2.73. The zero-order valence-corrected chi connectivity index (χ0v) is 13.1. The standard InChI is InChI=1S/C18H15ClN2O2/c19-11-3-1-10(2-4-11)9-20-21-16(22)14-12-5-6-13(15(14)17(21)23)18(12)7-8-18/h1-6,9,12-15H,7-8H2/b20-9-/t12-,13-,14-,15+/m1/s1. The molecule has 4 nitrogen and oxygen atoms in total. The normalized spacial score (nSPS) is 35.8. The smallest absolute Gasteiger partial charge is 0.254 e. The third-order valence-electron chi connectivity index (χ3n) is 6.02. The third kappa shape index (κ3) is 1.65. The van der Waals surface area contributed by atoms with E-state index in [4.69, 9.17) is 11.6 Å². The molecule has 5 rings (SSSR count). The number of carbonyl (C=O) groups excluding carboxylic acids is 2. The maximum atomic E-state index is 12.7. The summed E-state index contributed by atoms with van der Waals surface area (Å²) in [4.78, 5) is 25.4. The van der Waals surface area contributed by atoms with Gasteiger partial charge in [0.05, 0.1) is 18.1 Å². The van der Waals surface area contributed by atoms with Gasteiger partial charge in [0.2, 0.25) is 0 Å². The second kappa shape index (κ2) is 4.32. The van der Waals surface area contributed by atoms with Crippen molar-refractivity contribution in [1.82, 2.24) is 5.01 Å². The molecule has 3 aliphatic carbocycles. The van der Waals surface area contributed by atoms with E-state index in [-0.39, 0.29) is 40.9 Å². The fourth-order valence-corrected chi connectivity index (χ4v) is 4.98.